The Balaban J connectivity index is 2.20. The van der Waals surface area contributed by atoms with Crippen LogP contribution < -0.4 is 9.47 Å². The number of aryl methyl sites for hydroxylation is 1. The van der Waals surface area contributed by atoms with E-state index in [0.29, 0.717) is 18.1 Å². The van der Waals surface area contributed by atoms with Crippen molar-refractivity contribution in [1.82, 2.24) is 0 Å². The van der Waals surface area contributed by atoms with Crippen molar-refractivity contribution in [3.8, 4) is 11.5 Å². The quantitative estimate of drug-likeness (QED) is 0.800. The number of aliphatic hydroxyl groups is 1. The molecule has 3 nitrogen and oxygen atoms in total. The van der Waals surface area contributed by atoms with Gasteiger partial charge in [-0.1, -0.05) is 29.8 Å². The molecule has 0 saturated heterocycles. The van der Waals surface area contributed by atoms with Gasteiger partial charge in [-0.2, -0.15) is 0 Å². The molecule has 0 unspecified atom stereocenters. The third-order valence-corrected chi connectivity index (χ3v) is 3.74. The first-order valence-corrected chi connectivity index (χ1v) is 7.37. The Hall–Kier alpha value is -1.27. The van der Waals surface area contributed by atoms with E-state index in [1.165, 1.54) is 5.56 Å². The van der Waals surface area contributed by atoms with Gasteiger partial charge in [0.25, 0.3) is 0 Å². The maximum absolute atomic E-state index is 9.21. The van der Waals surface area contributed by atoms with E-state index in [0.717, 1.165) is 14.7 Å². The largest absolute Gasteiger partial charge is 0.493 e. The standard InChI is InChI=1S/C16H17IO3/c1-11-4-3-5-12(6-11)10-20-16-14(17)7-13(9-18)8-15(16)19-2/h3-8,18H,9-10H2,1-2H3. The van der Waals surface area contributed by atoms with Crippen LogP contribution in [0.1, 0.15) is 16.7 Å². The molecule has 0 atom stereocenters. The summed E-state index contributed by atoms with van der Waals surface area (Å²) in [7, 11) is 1.60. The summed E-state index contributed by atoms with van der Waals surface area (Å²) in [6.45, 7) is 2.54. The second-order valence-corrected chi connectivity index (χ2v) is 5.71. The van der Waals surface area contributed by atoms with Crippen molar-refractivity contribution < 1.29 is 14.6 Å². The van der Waals surface area contributed by atoms with Crippen LogP contribution in [0.25, 0.3) is 0 Å². The topological polar surface area (TPSA) is 38.7 Å². The van der Waals surface area contributed by atoms with Gasteiger partial charge >= 0.3 is 0 Å². The number of halogens is 1. The molecule has 0 spiro atoms. The molecule has 0 heterocycles. The Morgan fingerprint density at radius 2 is 1.95 bits per heavy atom. The molecule has 0 aliphatic rings. The van der Waals surface area contributed by atoms with Crippen LogP contribution in [0.2, 0.25) is 0 Å². The van der Waals surface area contributed by atoms with Crippen LogP contribution in [0.3, 0.4) is 0 Å². The van der Waals surface area contributed by atoms with Crippen molar-refractivity contribution in [1.29, 1.82) is 0 Å². The molecule has 2 aromatic carbocycles. The fraction of sp³-hybridized carbons (Fsp3) is 0.250. The molecular formula is C16H17IO3. The number of aliphatic hydroxyl groups excluding tert-OH is 1. The summed E-state index contributed by atoms with van der Waals surface area (Å²) in [5.41, 5.74) is 3.15. The molecule has 0 amide bonds. The highest BCUT2D eigenvalue weighted by Crippen LogP contribution is 2.34. The van der Waals surface area contributed by atoms with E-state index in [4.69, 9.17) is 9.47 Å². The number of methoxy groups -OCH3 is 1. The molecule has 2 rings (SSSR count). The van der Waals surface area contributed by atoms with Crippen LogP contribution in [0.4, 0.5) is 0 Å². The van der Waals surface area contributed by atoms with Crippen LogP contribution in [0.5, 0.6) is 11.5 Å². The van der Waals surface area contributed by atoms with Crippen LogP contribution in [-0.2, 0) is 13.2 Å². The zero-order valence-corrected chi connectivity index (χ0v) is 13.7. The first-order chi connectivity index (χ1) is 9.63. The van der Waals surface area contributed by atoms with E-state index in [-0.39, 0.29) is 6.61 Å². The smallest absolute Gasteiger partial charge is 0.174 e. The van der Waals surface area contributed by atoms with Gasteiger partial charge in [-0.25, -0.2) is 0 Å². The fourth-order valence-corrected chi connectivity index (χ4v) is 2.78. The number of rotatable bonds is 5. The molecule has 4 heteroatoms. The van der Waals surface area contributed by atoms with Crippen LogP contribution >= 0.6 is 22.6 Å². The van der Waals surface area contributed by atoms with Gasteiger partial charge in [-0.15, -0.1) is 0 Å². The first-order valence-electron chi connectivity index (χ1n) is 6.29. The van der Waals surface area contributed by atoms with E-state index in [2.05, 4.69) is 41.6 Å². The monoisotopic (exact) mass is 384 g/mol. The first kappa shape index (κ1) is 15.1. The van der Waals surface area contributed by atoms with Crippen molar-refractivity contribution in [3.63, 3.8) is 0 Å². The second-order valence-electron chi connectivity index (χ2n) is 4.54. The Kier molecular flexibility index (Phi) is 5.25. The number of benzene rings is 2. The summed E-state index contributed by atoms with van der Waals surface area (Å²) in [4.78, 5) is 0. The van der Waals surface area contributed by atoms with Gasteiger partial charge in [0.1, 0.15) is 6.61 Å². The predicted octanol–water partition coefficient (Wildman–Crippen LogP) is 3.68. The van der Waals surface area contributed by atoms with Gasteiger partial charge in [0, 0.05) is 0 Å². The molecule has 2 aromatic rings. The Morgan fingerprint density at radius 1 is 1.15 bits per heavy atom. The van der Waals surface area contributed by atoms with Gasteiger partial charge in [-0.05, 0) is 52.8 Å². The Morgan fingerprint density at radius 3 is 2.60 bits per heavy atom. The SMILES string of the molecule is COc1cc(CO)cc(I)c1OCc1cccc(C)c1. The molecule has 20 heavy (non-hydrogen) atoms. The molecule has 0 radical (unpaired) electrons. The molecule has 0 saturated carbocycles. The van der Waals surface area contributed by atoms with Gasteiger partial charge in [0.15, 0.2) is 11.5 Å². The third-order valence-electron chi connectivity index (χ3n) is 2.94. The maximum atomic E-state index is 9.21. The zero-order chi connectivity index (χ0) is 14.5. The van der Waals surface area contributed by atoms with Gasteiger partial charge in [0.2, 0.25) is 0 Å². The lowest BCUT2D eigenvalue weighted by atomic mass is 10.1. The summed E-state index contributed by atoms with van der Waals surface area (Å²) in [5.74, 6) is 1.36. The molecule has 0 bridgehead atoms. The highest BCUT2D eigenvalue weighted by molar-refractivity contribution is 14.1. The van der Waals surface area contributed by atoms with E-state index in [1.54, 1.807) is 13.2 Å². The van der Waals surface area contributed by atoms with Crippen LogP contribution in [0.15, 0.2) is 36.4 Å². The van der Waals surface area contributed by atoms with E-state index in [9.17, 15) is 5.11 Å². The molecule has 0 aliphatic heterocycles. The van der Waals surface area contributed by atoms with E-state index >= 15 is 0 Å². The van der Waals surface area contributed by atoms with Crippen molar-refractivity contribution >= 4 is 22.6 Å². The summed E-state index contributed by atoms with van der Waals surface area (Å²) in [6.07, 6.45) is 0. The molecular weight excluding hydrogens is 367 g/mol. The van der Waals surface area contributed by atoms with Gasteiger partial charge in [-0.3, -0.25) is 0 Å². The Bertz CT molecular complexity index is 596. The van der Waals surface area contributed by atoms with Crippen LogP contribution in [0, 0.1) is 10.5 Å². The molecule has 0 fully saturated rings. The predicted molar refractivity (Wildman–Crippen MR) is 87.1 cm³/mol. The van der Waals surface area contributed by atoms with Crippen molar-refractivity contribution in [2.75, 3.05) is 7.11 Å². The Labute approximate surface area is 132 Å². The van der Waals surface area contributed by atoms with Crippen molar-refractivity contribution in [2.45, 2.75) is 20.1 Å². The van der Waals surface area contributed by atoms with Crippen molar-refractivity contribution in [2.24, 2.45) is 0 Å². The summed E-state index contributed by atoms with van der Waals surface area (Å²) in [6, 6.07) is 11.9. The summed E-state index contributed by atoms with van der Waals surface area (Å²) >= 11 is 2.19. The number of hydrogen-bond acceptors (Lipinski definition) is 3. The summed E-state index contributed by atoms with van der Waals surface area (Å²) in [5, 5.41) is 9.21. The third kappa shape index (κ3) is 3.64. The average Bonchev–Trinajstić information content (AvgIpc) is 2.45. The van der Waals surface area contributed by atoms with Gasteiger partial charge < -0.3 is 14.6 Å². The molecule has 0 aromatic heterocycles. The minimum Gasteiger partial charge on any atom is -0.493 e. The highest BCUT2D eigenvalue weighted by Gasteiger charge is 2.11. The van der Waals surface area contributed by atoms with Crippen molar-refractivity contribution in [3.05, 3.63) is 56.7 Å². The highest BCUT2D eigenvalue weighted by atomic mass is 127. The van der Waals surface area contributed by atoms with E-state index in [1.807, 2.05) is 18.2 Å². The van der Waals surface area contributed by atoms with Crippen LogP contribution in [-0.4, -0.2) is 12.2 Å². The molecule has 106 valence electrons. The van der Waals surface area contributed by atoms with E-state index < -0.39 is 0 Å². The van der Waals surface area contributed by atoms with Gasteiger partial charge in [0.05, 0.1) is 17.3 Å². The minimum absolute atomic E-state index is 0.00940. The zero-order valence-electron chi connectivity index (χ0n) is 11.5. The maximum Gasteiger partial charge on any atom is 0.174 e. The lowest BCUT2D eigenvalue weighted by Gasteiger charge is -2.14. The lowest BCUT2D eigenvalue weighted by Crippen LogP contribution is -2.01. The molecule has 1 N–H and O–H groups in total. The lowest BCUT2D eigenvalue weighted by molar-refractivity contribution is 0.273. The average molecular weight is 384 g/mol. The summed E-state index contributed by atoms with van der Waals surface area (Å²) < 4.78 is 12.2. The minimum atomic E-state index is -0.00940. The second kappa shape index (κ2) is 6.95. The molecule has 0 aliphatic carbocycles. The fourth-order valence-electron chi connectivity index (χ4n) is 1.96. The number of ether oxygens (including phenoxy) is 2. The number of hydrogen-bond donors (Lipinski definition) is 1. The normalized spacial score (nSPS) is 10.4.